The van der Waals surface area contributed by atoms with Crippen LogP contribution in [0.2, 0.25) is 0 Å². The molecule has 0 heterocycles. The number of ether oxygens (including phenoxy) is 2. The van der Waals surface area contributed by atoms with Crippen LogP contribution in [-0.4, -0.2) is 30.9 Å². The molecule has 78 valence electrons. The summed E-state index contributed by atoms with van der Waals surface area (Å²) in [5.41, 5.74) is 0. The molecule has 0 aromatic rings. The van der Waals surface area contributed by atoms with Crippen molar-refractivity contribution in [3.8, 4) is 0 Å². The molecular formula is C9H12O5. The summed E-state index contributed by atoms with van der Waals surface area (Å²) < 4.78 is 9.10. The van der Waals surface area contributed by atoms with Crippen molar-refractivity contribution >= 4 is 17.7 Å². The lowest BCUT2D eigenvalue weighted by atomic mass is 10.3. The lowest BCUT2D eigenvalue weighted by Gasteiger charge is -2.03. The third kappa shape index (κ3) is 7.02. The fraction of sp³-hybridized carbons (Fsp3) is 0.444. The number of rotatable bonds is 6. The van der Waals surface area contributed by atoms with Gasteiger partial charge in [0.15, 0.2) is 0 Å². The van der Waals surface area contributed by atoms with E-state index in [1.807, 2.05) is 0 Å². The lowest BCUT2D eigenvalue weighted by Crippen LogP contribution is -2.14. The van der Waals surface area contributed by atoms with Gasteiger partial charge in [-0.15, -0.1) is 0 Å². The topological polar surface area (TPSA) is 69.7 Å². The van der Waals surface area contributed by atoms with E-state index in [-0.39, 0.29) is 25.4 Å². The first-order valence-electron chi connectivity index (χ1n) is 4.00. The van der Waals surface area contributed by atoms with Gasteiger partial charge in [-0.2, -0.15) is 0 Å². The largest absolute Gasteiger partial charge is 0.462 e. The van der Waals surface area contributed by atoms with Gasteiger partial charge in [0.2, 0.25) is 0 Å². The zero-order valence-corrected chi connectivity index (χ0v) is 7.95. The first-order chi connectivity index (χ1) is 6.56. The SMILES string of the molecule is C=CC(=O)OCCOC(=O)CC(C)=O. The van der Waals surface area contributed by atoms with E-state index >= 15 is 0 Å². The Morgan fingerprint density at radius 2 is 1.79 bits per heavy atom. The maximum atomic E-state index is 10.8. The van der Waals surface area contributed by atoms with Crippen LogP contribution in [0.25, 0.3) is 0 Å². The number of ketones is 1. The van der Waals surface area contributed by atoms with Crippen LogP contribution in [0.5, 0.6) is 0 Å². The Labute approximate surface area is 81.7 Å². The number of hydrogen-bond acceptors (Lipinski definition) is 5. The minimum absolute atomic E-state index is 0.0332. The molecule has 0 amide bonds. The summed E-state index contributed by atoms with van der Waals surface area (Å²) >= 11 is 0. The van der Waals surface area contributed by atoms with Gasteiger partial charge >= 0.3 is 11.9 Å². The third-order valence-corrected chi connectivity index (χ3v) is 1.15. The van der Waals surface area contributed by atoms with Gasteiger partial charge in [0.05, 0.1) is 0 Å². The van der Waals surface area contributed by atoms with E-state index in [2.05, 4.69) is 16.1 Å². The Morgan fingerprint density at radius 1 is 1.21 bits per heavy atom. The molecule has 0 aliphatic carbocycles. The van der Waals surface area contributed by atoms with Crippen LogP contribution in [0, 0.1) is 0 Å². The minimum Gasteiger partial charge on any atom is -0.462 e. The van der Waals surface area contributed by atoms with Crippen molar-refractivity contribution in [3.05, 3.63) is 12.7 Å². The molecular weight excluding hydrogens is 188 g/mol. The van der Waals surface area contributed by atoms with E-state index in [0.717, 1.165) is 6.08 Å². The maximum absolute atomic E-state index is 10.8. The van der Waals surface area contributed by atoms with Crippen LogP contribution in [0.15, 0.2) is 12.7 Å². The van der Waals surface area contributed by atoms with Crippen molar-refractivity contribution in [2.75, 3.05) is 13.2 Å². The zero-order valence-electron chi connectivity index (χ0n) is 7.95. The third-order valence-electron chi connectivity index (χ3n) is 1.15. The molecule has 0 saturated heterocycles. The van der Waals surface area contributed by atoms with Gasteiger partial charge in [-0.25, -0.2) is 4.79 Å². The fourth-order valence-electron chi connectivity index (χ4n) is 0.611. The van der Waals surface area contributed by atoms with Crippen molar-refractivity contribution in [1.82, 2.24) is 0 Å². The summed E-state index contributed by atoms with van der Waals surface area (Å²) in [7, 11) is 0. The normalized spacial score (nSPS) is 8.93. The average Bonchev–Trinajstić information content (AvgIpc) is 2.10. The molecule has 0 atom stereocenters. The second-order valence-electron chi connectivity index (χ2n) is 2.47. The molecule has 0 spiro atoms. The Kier molecular flexibility index (Phi) is 6.02. The summed E-state index contributed by atoms with van der Waals surface area (Å²) in [6.07, 6.45) is 0.757. The molecule has 0 N–H and O–H groups in total. The summed E-state index contributed by atoms with van der Waals surface area (Å²) in [5, 5.41) is 0. The summed E-state index contributed by atoms with van der Waals surface area (Å²) in [6.45, 7) is 4.39. The van der Waals surface area contributed by atoms with E-state index in [4.69, 9.17) is 0 Å². The molecule has 0 aromatic heterocycles. The standard InChI is InChI=1S/C9H12O5/c1-3-8(11)13-4-5-14-9(12)6-7(2)10/h3H,1,4-6H2,2H3. The Balaban J connectivity index is 3.45. The molecule has 0 unspecified atom stereocenters. The number of carbonyl (C=O) groups is 3. The highest BCUT2D eigenvalue weighted by atomic mass is 16.6. The molecule has 14 heavy (non-hydrogen) atoms. The van der Waals surface area contributed by atoms with Crippen LogP contribution < -0.4 is 0 Å². The first-order valence-corrected chi connectivity index (χ1v) is 4.00. The van der Waals surface area contributed by atoms with E-state index < -0.39 is 11.9 Å². The summed E-state index contributed by atoms with van der Waals surface area (Å²) in [4.78, 5) is 31.7. The van der Waals surface area contributed by atoms with Crippen LogP contribution >= 0.6 is 0 Å². The lowest BCUT2D eigenvalue weighted by molar-refractivity contribution is -0.151. The summed E-state index contributed by atoms with van der Waals surface area (Å²) in [6, 6.07) is 0. The molecule has 0 aliphatic rings. The predicted molar refractivity (Wildman–Crippen MR) is 47.4 cm³/mol. The van der Waals surface area contributed by atoms with Crippen LogP contribution in [0.4, 0.5) is 0 Å². The molecule has 0 aromatic carbocycles. The van der Waals surface area contributed by atoms with Gasteiger partial charge in [0, 0.05) is 6.08 Å². The molecule has 0 saturated carbocycles. The van der Waals surface area contributed by atoms with E-state index in [1.165, 1.54) is 6.92 Å². The number of carbonyl (C=O) groups excluding carboxylic acids is 3. The highest BCUT2D eigenvalue weighted by Crippen LogP contribution is 1.88. The van der Waals surface area contributed by atoms with Gasteiger partial charge in [-0.05, 0) is 6.92 Å². The second-order valence-corrected chi connectivity index (χ2v) is 2.47. The van der Waals surface area contributed by atoms with E-state index in [9.17, 15) is 14.4 Å². The molecule has 5 nitrogen and oxygen atoms in total. The molecule has 5 heteroatoms. The molecule has 0 radical (unpaired) electrons. The van der Waals surface area contributed by atoms with Gasteiger partial charge in [0.1, 0.15) is 25.4 Å². The van der Waals surface area contributed by atoms with Gasteiger partial charge in [-0.3, -0.25) is 9.59 Å². The molecule has 0 bridgehead atoms. The molecule has 0 rings (SSSR count). The van der Waals surface area contributed by atoms with Gasteiger partial charge in [-0.1, -0.05) is 6.58 Å². The number of esters is 2. The van der Waals surface area contributed by atoms with Gasteiger partial charge in [0.25, 0.3) is 0 Å². The van der Waals surface area contributed by atoms with Crippen molar-refractivity contribution in [3.63, 3.8) is 0 Å². The van der Waals surface area contributed by atoms with Crippen molar-refractivity contribution in [1.29, 1.82) is 0 Å². The smallest absolute Gasteiger partial charge is 0.330 e. The average molecular weight is 200 g/mol. The van der Waals surface area contributed by atoms with Crippen LogP contribution in [0.1, 0.15) is 13.3 Å². The second kappa shape index (κ2) is 6.82. The maximum Gasteiger partial charge on any atom is 0.330 e. The fourth-order valence-corrected chi connectivity index (χ4v) is 0.611. The van der Waals surface area contributed by atoms with E-state index in [0.29, 0.717) is 0 Å². The van der Waals surface area contributed by atoms with Gasteiger partial charge < -0.3 is 9.47 Å². The van der Waals surface area contributed by atoms with Crippen molar-refractivity contribution in [2.45, 2.75) is 13.3 Å². The van der Waals surface area contributed by atoms with Crippen molar-refractivity contribution in [2.24, 2.45) is 0 Å². The van der Waals surface area contributed by atoms with Crippen LogP contribution in [-0.2, 0) is 23.9 Å². The predicted octanol–water partition coefficient (Wildman–Crippen LogP) is 0.238. The molecule has 0 aliphatic heterocycles. The summed E-state index contributed by atoms with van der Waals surface area (Å²) in [5.74, 6) is -1.46. The Morgan fingerprint density at radius 3 is 2.29 bits per heavy atom. The zero-order chi connectivity index (χ0) is 11.0. The van der Waals surface area contributed by atoms with Crippen LogP contribution in [0.3, 0.4) is 0 Å². The molecule has 0 fully saturated rings. The monoisotopic (exact) mass is 200 g/mol. The number of hydrogen-bond donors (Lipinski definition) is 0. The highest BCUT2D eigenvalue weighted by molar-refractivity contribution is 5.94. The quantitative estimate of drug-likeness (QED) is 0.266. The number of Topliss-reactive ketones (excluding diaryl/α,β-unsaturated/α-hetero) is 1. The first kappa shape index (κ1) is 12.3. The Hall–Kier alpha value is -1.65. The van der Waals surface area contributed by atoms with E-state index in [1.54, 1.807) is 0 Å². The highest BCUT2D eigenvalue weighted by Gasteiger charge is 2.06. The Bertz CT molecular complexity index is 244. The minimum atomic E-state index is -0.618. The van der Waals surface area contributed by atoms with Crippen molar-refractivity contribution < 1.29 is 23.9 Å².